The summed E-state index contributed by atoms with van der Waals surface area (Å²) in [5.74, 6) is 0.703. The summed E-state index contributed by atoms with van der Waals surface area (Å²) < 4.78 is 1.78. The quantitative estimate of drug-likeness (QED) is 0.911. The first-order valence-corrected chi connectivity index (χ1v) is 7.83. The van der Waals surface area contributed by atoms with Gasteiger partial charge >= 0.3 is 0 Å². The largest absolute Gasteiger partial charge is 0.310 e. The minimum absolute atomic E-state index is 0.00203. The maximum absolute atomic E-state index is 12.3. The highest BCUT2D eigenvalue weighted by Gasteiger charge is 2.23. The lowest BCUT2D eigenvalue weighted by atomic mass is 10.2. The zero-order valence-corrected chi connectivity index (χ0v) is 13.2. The van der Waals surface area contributed by atoms with Crippen molar-refractivity contribution < 1.29 is 4.79 Å². The molecule has 3 rings (SSSR count). The second kappa shape index (κ2) is 6.50. The normalized spacial score (nSPS) is 17.6. The maximum atomic E-state index is 12.3. The van der Waals surface area contributed by atoms with E-state index in [0.717, 1.165) is 30.6 Å². The Kier molecular flexibility index (Phi) is 4.45. The van der Waals surface area contributed by atoms with Crippen molar-refractivity contribution in [2.24, 2.45) is 0 Å². The molecule has 1 aromatic heterocycles. The zero-order chi connectivity index (χ0) is 15.5. The van der Waals surface area contributed by atoms with Gasteiger partial charge in [0.1, 0.15) is 5.82 Å². The van der Waals surface area contributed by atoms with Crippen molar-refractivity contribution in [1.29, 1.82) is 0 Å². The van der Waals surface area contributed by atoms with Crippen LogP contribution in [0.3, 0.4) is 0 Å². The molecule has 1 amide bonds. The van der Waals surface area contributed by atoms with Gasteiger partial charge < -0.3 is 10.6 Å². The van der Waals surface area contributed by atoms with Crippen LogP contribution in [0.5, 0.6) is 0 Å². The average Bonchev–Trinajstić information content (AvgIpc) is 3.12. The predicted molar refractivity (Wildman–Crippen MR) is 87.2 cm³/mol. The number of halogens is 1. The van der Waals surface area contributed by atoms with Gasteiger partial charge in [-0.25, -0.2) is 4.68 Å². The SMILES string of the molecule is Cc1cc(NC(=O)C2CCCN2)n(Cc2ccccc2Cl)n1. The molecule has 1 atom stereocenters. The van der Waals surface area contributed by atoms with Crippen molar-refractivity contribution in [3.8, 4) is 0 Å². The van der Waals surface area contributed by atoms with Crippen molar-refractivity contribution >= 4 is 23.3 Å². The average molecular weight is 319 g/mol. The van der Waals surface area contributed by atoms with Crippen LogP contribution in [0.2, 0.25) is 5.02 Å². The number of hydrogen-bond donors (Lipinski definition) is 2. The Balaban J connectivity index is 1.77. The maximum Gasteiger partial charge on any atom is 0.242 e. The third-order valence-corrected chi connectivity index (χ3v) is 4.18. The summed E-state index contributed by atoms with van der Waals surface area (Å²) in [6, 6.07) is 9.43. The number of rotatable bonds is 4. The summed E-state index contributed by atoms with van der Waals surface area (Å²) in [6.45, 7) is 3.34. The van der Waals surface area contributed by atoms with Crippen LogP contribution >= 0.6 is 11.6 Å². The first-order chi connectivity index (χ1) is 10.6. The lowest BCUT2D eigenvalue weighted by Crippen LogP contribution is -2.36. The first kappa shape index (κ1) is 15.1. The van der Waals surface area contributed by atoms with E-state index in [1.54, 1.807) is 4.68 Å². The lowest BCUT2D eigenvalue weighted by Gasteiger charge is -2.13. The summed E-state index contributed by atoms with van der Waals surface area (Å²) in [4.78, 5) is 12.3. The number of aromatic nitrogens is 2. The van der Waals surface area contributed by atoms with Crippen LogP contribution in [0, 0.1) is 6.92 Å². The van der Waals surface area contributed by atoms with Crippen LogP contribution in [0.1, 0.15) is 24.1 Å². The fourth-order valence-corrected chi connectivity index (χ4v) is 2.87. The second-order valence-corrected chi connectivity index (χ2v) is 5.97. The van der Waals surface area contributed by atoms with E-state index < -0.39 is 0 Å². The van der Waals surface area contributed by atoms with Gasteiger partial charge in [-0.15, -0.1) is 0 Å². The fraction of sp³-hybridized carbons (Fsp3) is 0.375. The van der Waals surface area contributed by atoms with E-state index in [0.29, 0.717) is 17.4 Å². The smallest absolute Gasteiger partial charge is 0.242 e. The topological polar surface area (TPSA) is 59.0 Å². The van der Waals surface area contributed by atoms with E-state index in [4.69, 9.17) is 11.6 Å². The Morgan fingerprint density at radius 1 is 1.50 bits per heavy atom. The molecular weight excluding hydrogens is 300 g/mol. The molecule has 0 bridgehead atoms. The van der Waals surface area contributed by atoms with E-state index >= 15 is 0 Å². The van der Waals surface area contributed by atoms with Gasteiger partial charge in [0.2, 0.25) is 5.91 Å². The molecule has 2 N–H and O–H groups in total. The molecule has 116 valence electrons. The number of aryl methyl sites for hydroxylation is 1. The van der Waals surface area contributed by atoms with Crippen molar-refractivity contribution in [3.05, 3.63) is 46.6 Å². The van der Waals surface area contributed by atoms with Crippen LogP contribution in [0.4, 0.5) is 5.82 Å². The molecule has 1 aliphatic rings. The van der Waals surface area contributed by atoms with Gasteiger partial charge in [-0.3, -0.25) is 4.79 Å². The molecule has 1 saturated heterocycles. The van der Waals surface area contributed by atoms with Crippen LogP contribution in [0.15, 0.2) is 30.3 Å². The minimum atomic E-state index is -0.107. The number of benzene rings is 1. The van der Waals surface area contributed by atoms with Crippen LogP contribution in [-0.4, -0.2) is 28.3 Å². The highest BCUT2D eigenvalue weighted by molar-refractivity contribution is 6.31. The Morgan fingerprint density at radius 3 is 3.05 bits per heavy atom. The minimum Gasteiger partial charge on any atom is -0.310 e. The third kappa shape index (κ3) is 3.31. The first-order valence-electron chi connectivity index (χ1n) is 7.45. The van der Waals surface area contributed by atoms with E-state index in [1.807, 2.05) is 37.3 Å². The predicted octanol–water partition coefficient (Wildman–Crippen LogP) is 2.58. The van der Waals surface area contributed by atoms with Gasteiger partial charge in [-0.2, -0.15) is 5.10 Å². The van der Waals surface area contributed by atoms with Gasteiger partial charge in [0.05, 0.1) is 18.3 Å². The Morgan fingerprint density at radius 2 is 2.32 bits per heavy atom. The molecule has 5 nitrogen and oxygen atoms in total. The van der Waals surface area contributed by atoms with E-state index in [-0.39, 0.29) is 11.9 Å². The highest BCUT2D eigenvalue weighted by atomic mass is 35.5. The van der Waals surface area contributed by atoms with Gasteiger partial charge in [0.15, 0.2) is 0 Å². The molecule has 22 heavy (non-hydrogen) atoms. The second-order valence-electron chi connectivity index (χ2n) is 5.56. The number of nitrogens with one attached hydrogen (secondary N) is 2. The van der Waals surface area contributed by atoms with Crippen molar-refractivity contribution in [1.82, 2.24) is 15.1 Å². The highest BCUT2D eigenvalue weighted by Crippen LogP contribution is 2.19. The summed E-state index contributed by atoms with van der Waals surface area (Å²) in [5.41, 5.74) is 1.84. The van der Waals surface area contributed by atoms with Crippen molar-refractivity contribution in [3.63, 3.8) is 0 Å². The van der Waals surface area contributed by atoms with Gasteiger partial charge in [-0.1, -0.05) is 29.8 Å². The van der Waals surface area contributed by atoms with Gasteiger partial charge in [-0.05, 0) is 37.9 Å². The molecule has 1 aliphatic heterocycles. The Bertz CT molecular complexity index is 677. The Labute approximate surface area is 134 Å². The monoisotopic (exact) mass is 318 g/mol. The standard InChI is InChI=1S/C16H19ClN4O/c1-11-9-15(19-16(22)14-7-4-8-18-14)21(20-11)10-12-5-2-3-6-13(12)17/h2-3,5-6,9,14,18H,4,7-8,10H2,1H3,(H,19,22). The Hall–Kier alpha value is -1.85. The van der Waals surface area contributed by atoms with Crippen LogP contribution in [0.25, 0.3) is 0 Å². The summed E-state index contributed by atoms with van der Waals surface area (Å²) >= 11 is 6.20. The number of anilines is 1. The number of carbonyl (C=O) groups excluding carboxylic acids is 1. The van der Waals surface area contributed by atoms with Crippen molar-refractivity contribution in [2.75, 3.05) is 11.9 Å². The molecule has 0 saturated carbocycles. The molecule has 2 aromatic rings. The van der Waals surface area contributed by atoms with Crippen LogP contribution < -0.4 is 10.6 Å². The number of carbonyl (C=O) groups is 1. The molecule has 0 aliphatic carbocycles. The molecule has 2 heterocycles. The number of hydrogen-bond acceptors (Lipinski definition) is 3. The van der Waals surface area contributed by atoms with Gasteiger partial charge in [0, 0.05) is 11.1 Å². The molecule has 1 unspecified atom stereocenters. The third-order valence-electron chi connectivity index (χ3n) is 3.81. The van der Waals surface area contributed by atoms with E-state index in [9.17, 15) is 4.79 Å². The molecular formula is C16H19ClN4O. The molecule has 0 spiro atoms. The van der Waals surface area contributed by atoms with Gasteiger partial charge in [0.25, 0.3) is 0 Å². The van der Waals surface area contributed by atoms with E-state index in [2.05, 4.69) is 15.7 Å². The molecule has 0 radical (unpaired) electrons. The summed E-state index contributed by atoms with van der Waals surface area (Å²) in [6.07, 6.45) is 1.92. The fourth-order valence-electron chi connectivity index (χ4n) is 2.68. The lowest BCUT2D eigenvalue weighted by molar-refractivity contribution is -0.117. The summed E-state index contributed by atoms with van der Waals surface area (Å²) in [7, 11) is 0. The van der Waals surface area contributed by atoms with Crippen molar-refractivity contribution in [2.45, 2.75) is 32.4 Å². The number of nitrogens with zero attached hydrogens (tertiary/aromatic N) is 2. The van der Waals surface area contributed by atoms with E-state index in [1.165, 1.54) is 0 Å². The zero-order valence-electron chi connectivity index (χ0n) is 12.5. The summed E-state index contributed by atoms with van der Waals surface area (Å²) in [5, 5.41) is 11.3. The molecule has 1 fully saturated rings. The molecule has 6 heteroatoms. The number of amides is 1. The van der Waals surface area contributed by atoms with Crippen LogP contribution in [-0.2, 0) is 11.3 Å². The molecule has 1 aromatic carbocycles.